The molecule has 0 bridgehead atoms. The maximum Gasteiger partial charge on any atom is 0.245 e. The lowest BCUT2D eigenvalue weighted by Gasteiger charge is -2.36. The molecule has 0 aliphatic carbocycles. The molecule has 10 nitrogen and oxygen atoms in total. The second-order valence-electron chi connectivity index (χ2n) is 9.26. The Bertz CT molecular complexity index is 1230. The fraction of sp³-hybridized carbons (Fsp3) is 0.385. The molecule has 3 aromatic rings. The van der Waals surface area contributed by atoms with E-state index in [4.69, 9.17) is 4.74 Å². The maximum atomic E-state index is 14.2. The summed E-state index contributed by atoms with van der Waals surface area (Å²) in [6.45, 7) is 7.58. The quantitative estimate of drug-likeness (QED) is 0.326. The van der Waals surface area contributed by atoms with E-state index in [1.54, 1.807) is 12.4 Å². The van der Waals surface area contributed by atoms with E-state index < -0.39 is 5.82 Å². The summed E-state index contributed by atoms with van der Waals surface area (Å²) in [6, 6.07) is 10.7. The summed E-state index contributed by atoms with van der Waals surface area (Å²) in [7, 11) is 0. The molecule has 2 aliphatic rings. The number of hydrogen-bond donors (Lipinski definition) is 3. The second kappa shape index (κ2) is 11.5. The molecule has 3 N–H and O–H groups in total. The molecular weight excluding hydrogens is 473 g/mol. The molecule has 0 spiro atoms. The van der Waals surface area contributed by atoms with Gasteiger partial charge in [0.05, 0.1) is 48.9 Å². The van der Waals surface area contributed by atoms with Gasteiger partial charge in [0.2, 0.25) is 5.95 Å². The van der Waals surface area contributed by atoms with Crippen LogP contribution in [0.4, 0.5) is 33.2 Å². The number of ether oxygens (including phenoxy) is 1. The number of benzene rings is 1. The van der Waals surface area contributed by atoms with Crippen molar-refractivity contribution in [1.82, 2.24) is 20.4 Å². The minimum atomic E-state index is -0.469. The van der Waals surface area contributed by atoms with Crippen LogP contribution in [0, 0.1) is 12.7 Å². The Balaban J connectivity index is 1.21. The highest BCUT2D eigenvalue weighted by Gasteiger charge is 2.19. The Morgan fingerprint density at radius 3 is 2.78 bits per heavy atom. The van der Waals surface area contributed by atoms with Crippen molar-refractivity contribution < 1.29 is 9.13 Å². The normalized spacial score (nSPS) is 18.3. The first-order chi connectivity index (χ1) is 18.0. The third-order valence-corrected chi connectivity index (χ3v) is 6.33. The lowest BCUT2D eigenvalue weighted by Crippen LogP contribution is -2.48. The molecule has 5 rings (SSSR count). The van der Waals surface area contributed by atoms with Crippen molar-refractivity contribution in [2.24, 2.45) is 5.10 Å². The van der Waals surface area contributed by atoms with E-state index in [2.05, 4.69) is 73.3 Å². The number of halogens is 1. The molecule has 194 valence electrons. The van der Waals surface area contributed by atoms with Crippen LogP contribution in [0.2, 0.25) is 0 Å². The standard InChI is InChI=1S/C26H32FN9O/c1-18-12-22(14-23(13-18)36-19(2)4-3-7-31-36)32-21-6-5-20(28-15-21)16-30-34-26-29-17-24(27)25(33-26)35-8-10-37-11-9-35/h5-6,12-17,19,31-32H,3-4,7-11H2,1-2H3,(H,29,33,34)/b30-16+. The van der Waals surface area contributed by atoms with Gasteiger partial charge in [0.25, 0.3) is 0 Å². The zero-order valence-corrected chi connectivity index (χ0v) is 21.1. The zero-order valence-electron chi connectivity index (χ0n) is 21.1. The van der Waals surface area contributed by atoms with Gasteiger partial charge in [-0.05, 0) is 62.6 Å². The molecule has 2 aromatic heterocycles. The first kappa shape index (κ1) is 24.8. The van der Waals surface area contributed by atoms with Crippen LogP contribution in [0.1, 0.15) is 31.0 Å². The molecule has 11 heteroatoms. The predicted molar refractivity (Wildman–Crippen MR) is 144 cm³/mol. The summed E-state index contributed by atoms with van der Waals surface area (Å²) < 4.78 is 19.5. The van der Waals surface area contributed by atoms with Crippen molar-refractivity contribution in [3.05, 3.63) is 59.8 Å². The SMILES string of the molecule is Cc1cc(Nc2ccc(/C=N/Nc3ncc(F)c(N4CCOCC4)n3)nc2)cc(N2NCCCC2C)c1. The Morgan fingerprint density at radius 1 is 1.14 bits per heavy atom. The maximum absolute atomic E-state index is 14.2. The van der Waals surface area contributed by atoms with Crippen molar-refractivity contribution >= 4 is 35.0 Å². The van der Waals surface area contributed by atoms with E-state index in [1.165, 1.54) is 18.4 Å². The van der Waals surface area contributed by atoms with Crippen LogP contribution in [0.3, 0.4) is 0 Å². The Morgan fingerprint density at radius 2 is 2.00 bits per heavy atom. The van der Waals surface area contributed by atoms with Gasteiger partial charge in [-0.15, -0.1) is 0 Å². The molecule has 1 atom stereocenters. The number of aromatic nitrogens is 3. The van der Waals surface area contributed by atoms with Crippen LogP contribution in [0.15, 0.2) is 47.8 Å². The number of aryl methyl sites for hydroxylation is 1. The summed E-state index contributed by atoms with van der Waals surface area (Å²) >= 11 is 0. The van der Waals surface area contributed by atoms with Crippen molar-refractivity contribution in [2.45, 2.75) is 32.7 Å². The Hall–Kier alpha value is -3.83. The van der Waals surface area contributed by atoms with Gasteiger partial charge in [-0.2, -0.15) is 10.1 Å². The number of hydrogen-bond acceptors (Lipinski definition) is 10. The number of rotatable bonds is 7. The van der Waals surface area contributed by atoms with Crippen molar-refractivity contribution in [3.8, 4) is 0 Å². The highest BCUT2D eigenvalue weighted by molar-refractivity contribution is 5.78. The molecule has 37 heavy (non-hydrogen) atoms. The summed E-state index contributed by atoms with van der Waals surface area (Å²) in [4.78, 5) is 14.5. The summed E-state index contributed by atoms with van der Waals surface area (Å²) in [5.74, 6) is -0.0109. The van der Waals surface area contributed by atoms with E-state index in [9.17, 15) is 4.39 Å². The molecule has 0 amide bonds. The van der Waals surface area contributed by atoms with Gasteiger partial charge in [-0.1, -0.05) is 0 Å². The smallest absolute Gasteiger partial charge is 0.245 e. The second-order valence-corrected chi connectivity index (χ2v) is 9.26. The van der Waals surface area contributed by atoms with Crippen LogP contribution in [0.5, 0.6) is 0 Å². The van der Waals surface area contributed by atoms with Crippen LogP contribution in [0.25, 0.3) is 0 Å². The van der Waals surface area contributed by atoms with Gasteiger partial charge in [-0.25, -0.2) is 20.2 Å². The largest absolute Gasteiger partial charge is 0.378 e. The van der Waals surface area contributed by atoms with E-state index in [0.29, 0.717) is 38.0 Å². The molecule has 0 saturated carbocycles. The van der Waals surface area contributed by atoms with E-state index in [0.717, 1.165) is 29.8 Å². The number of anilines is 5. The third kappa shape index (κ3) is 6.30. The minimum absolute atomic E-state index is 0.213. The van der Waals surface area contributed by atoms with E-state index in [1.807, 2.05) is 17.0 Å². The molecular formula is C26H32FN9O. The predicted octanol–water partition coefficient (Wildman–Crippen LogP) is 3.84. The summed E-state index contributed by atoms with van der Waals surface area (Å²) in [6.07, 6.45) is 6.84. The highest BCUT2D eigenvalue weighted by atomic mass is 19.1. The molecule has 2 fully saturated rings. The topological polar surface area (TPSA) is 103 Å². The lowest BCUT2D eigenvalue weighted by atomic mass is 10.1. The number of hydrazone groups is 1. The van der Waals surface area contributed by atoms with Gasteiger partial charge < -0.3 is 20.0 Å². The van der Waals surface area contributed by atoms with Gasteiger partial charge in [-0.3, -0.25) is 4.98 Å². The summed E-state index contributed by atoms with van der Waals surface area (Å²) in [5, 5.41) is 9.86. The molecule has 1 aromatic carbocycles. The Labute approximate surface area is 215 Å². The molecule has 2 aliphatic heterocycles. The average molecular weight is 506 g/mol. The number of nitrogens with one attached hydrogen (secondary N) is 3. The van der Waals surface area contributed by atoms with Gasteiger partial charge in [0.15, 0.2) is 11.6 Å². The number of nitrogens with zero attached hydrogens (tertiary/aromatic N) is 6. The van der Waals surface area contributed by atoms with Crippen molar-refractivity contribution in [3.63, 3.8) is 0 Å². The fourth-order valence-corrected chi connectivity index (χ4v) is 4.49. The third-order valence-electron chi connectivity index (χ3n) is 6.33. The fourth-order valence-electron chi connectivity index (χ4n) is 4.49. The summed E-state index contributed by atoms with van der Waals surface area (Å²) in [5.41, 5.74) is 11.1. The number of morpholine rings is 1. The van der Waals surface area contributed by atoms with Crippen LogP contribution >= 0.6 is 0 Å². The first-order valence-corrected chi connectivity index (χ1v) is 12.6. The minimum Gasteiger partial charge on any atom is -0.378 e. The lowest BCUT2D eigenvalue weighted by molar-refractivity contribution is 0.122. The molecule has 2 saturated heterocycles. The van der Waals surface area contributed by atoms with Crippen LogP contribution < -0.4 is 26.1 Å². The number of hydrazine groups is 1. The van der Waals surface area contributed by atoms with Crippen LogP contribution in [-0.2, 0) is 4.74 Å². The van der Waals surface area contributed by atoms with Crippen molar-refractivity contribution in [1.29, 1.82) is 0 Å². The van der Waals surface area contributed by atoms with Gasteiger partial charge >= 0.3 is 0 Å². The Kier molecular flexibility index (Phi) is 7.71. The monoisotopic (exact) mass is 505 g/mol. The molecule has 0 radical (unpaired) electrons. The molecule has 4 heterocycles. The zero-order chi connectivity index (χ0) is 25.6. The van der Waals surface area contributed by atoms with Crippen molar-refractivity contribution in [2.75, 3.05) is 53.5 Å². The first-order valence-electron chi connectivity index (χ1n) is 12.6. The highest BCUT2D eigenvalue weighted by Crippen LogP contribution is 2.27. The average Bonchev–Trinajstić information content (AvgIpc) is 2.91. The number of pyridine rings is 1. The van der Waals surface area contributed by atoms with E-state index in [-0.39, 0.29) is 11.8 Å². The van der Waals surface area contributed by atoms with E-state index >= 15 is 0 Å². The molecule has 1 unspecified atom stereocenters. The van der Waals surface area contributed by atoms with Gasteiger partial charge in [0.1, 0.15) is 0 Å². The van der Waals surface area contributed by atoms with Gasteiger partial charge in [0, 0.05) is 31.4 Å². The van der Waals surface area contributed by atoms with Crippen LogP contribution in [-0.4, -0.2) is 60.1 Å².